The van der Waals surface area contributed by atoms with Gasteiger partial charge in [0.2, 0.25) is 0 Å². The maximum atomic E-state index is 12.4. The molecule has 0 aliphatic carbocycles. The zero-order valence-electron chi connectivity index (χ0n) is 15.4. The summed E-state index contributed by atoms with van der Waals surface area (Å²) in [6.07, 6.45) is 2.14. The summed E-state index contributed by atoms with van der Waals surface area (Å²) in [5.41, 5.74) is 3.95. The van der Waals surface area contributed by atoms with Crippen molar-refractivity contribution < 1.29 is 4.74 Å². The second-order valence-electron chi connectivity index (χ2n) is 6.66. The largest absolute Gasteiger partial charge is 0.357 e. The lowest BCUT2D eigenvalue weighted by Crippen LogP contribution is -2.36. The molecule has 1 aromatic carbocycles. The first kappa shape index (κ1) is 18.9. The summed E-state index contributed by atoms with van der Waals surface area (Å²) in [4.78, 5) is 27.1. The number of benzene rings is 1. The third-order valence-electron chi connectivity index (χ3n) is 4.03. The number of nitrogens with zero attached hydrogens (tertiary/aromatic N) is 1. The van der Waals surface area contributed by atoms with Crippen molar-refractivity contribution in [1.82, 2.24) is 9.55 Å². The van der Waals surface area contributed by atoms with E-state index in [1.807, 2.05) is 27.7 Å². The molecule has 1 aromatic heterocycles. The Labute approximate surface area is 148 Å². The van der Waals surface area contributed by atoms with E-state index < -0.39 is 5.69 Å². The molecule has 5 heteroatoms. The summed E-state index contributed by atoms with van der Waals surface area (Å²) >= 11 is 0. The van der Waals surface area contributed by atoms with Crippen LogP contribution in [-0.2, 0) is 17.9 Å². The number of ether oxygens (including phenoxy) is 1. The minimum absolute atomic E-state index is 0.00379. The highest BCUT2D eigenvalue weighted by molar-refractivity contribution is 5.34. The molecule has 2 aromatic rings. The molecule has 0 aliphatic rings. The molecule has 0 bridgehead atoms. The third-order valence-corrected chi connectivity index (χ3v) is 4.03. The number of hydrogen-bond acceptors (Lipinski definition) is 3. The van der Waals surface area contributed by atoms with Crippen molar-refractivity contribution in [1.29, 1.82) is 0 Å². The van der Waals surface area contributed by atoms with Crippen molar-refractivity contribution in [2.24, 2.45) is 0 Å². The van der Waals surface area contributed by atoms with Crippen molar-refractivity contribution in [3.8, 4) is 0 Å². The average molecular weight is 342 g/mol. The Bertz CT molecular complexity index is 855. The van der Waals surface area contributed by atoms with Crippen LogP contribution in [0.25, 0.3) is 0 Å². The highest BCUT2D eigenvalue weighted by atomic mass is 16.5. The summed E-state index contributed by atoms with van der Waals surface area (Å²) in [7, 11) is 0. The zero-order valence-corrected chi connectivity index (χ0v) is 15.4. The van der Waals surface area contributed by atoms with E-state index in [0.717, 1.165) is 16.7 Å². The van der Waals surface area contributed by atoms with Crippen LogP contribution in [-0.4, -0.2) is 16.2 Å². The first-order valence-corrected chi connectivity index (χ1v) is 8.45. The summed E-state index contributed by atoms with van der Waals surface area (Å²) < 4.78 is 6.98. The molecule has 1 heterocycles. The lowest BCUT2D eigenvalue weighted by molar-refractivity contribution is 0.0942. The quantitative estimate of drug-likeness (QED) is 0.621. The van der Waals surface area contributed by atoms with Gasteiger partial charge in [-0.3, -0.25) is 14.3 Å². The van der Waals surface area contributed by atoms with Gasteiger partial charge >= 0.3 is 5.69 Å². The fraction of sp³-hybridized carbons (Fsp3) is 0.400. The van der Waals surface area contributed by atoms with Gasteiger partial charge in [0, 0.05) is 17.7 Å². The van der Waals surface area contributed by atoms with Crippen molar-refractivity contribution in [2.45, 2.75) is 46.8 Å². The molecule has 0 amide bonds. The highest BCUT2D eigenvalue weighted by Gasteiger charge is 2.18. The Kier molecular flexibility index (Phi) is 6.15. The number of aryl methyl sites for hydroxylation is 2. The van der Waals surface area contributed by atoms with E-state index >= 15 is 0 Å². The van der Waals surface area contributed by atoms with Crippen LogP contribution < -0.4 is 11.2 Å². The van der Waals surface area contributed by atoms with Crippen LogP contribution in [0.15, 0.2) is 40.4 Å². The van der Waals surface area contributed by atoms with E-state index in [4.69, 9.17) is 4.74 Å². The monoisotopic (exact) mass is 342 g/mol. The Morgan fingerprint density at radius 1 is 1.20 bits per heavy atom. The van der Waals surface area contributed by atoms with E-state index in [9.17, 15) is 9.59 Å². The summed E-state index contributed by atoms with van der Waals surface area (Å²) in [6, 6.07) is 6.26. The molecule has 0 atom stereocenters. The van der Waals surface area contributed by atoms with E-state index in [1.54, 1.807) is 6.08 Å². The number of rotatable bonds is 7. The topological polar surface area (TPSA) is 64.1 Å². The second kappa shape index (κ2) is 8.12. The van der Waals surface area contributed by atoms with Crippen LogP contribution in [0.4, 0.5) is 0 Å². The number of aromatic amines is 1. The highest BCUT2D eigenvalue weighted by Crippen LogP contribution is 2.19. The smallest absolute Gasteiger partial charge is 0.330 e. The van der Waals surface area contributed by atoms with Gasteiger partial charge in [0.05, 0.1) is 6.61 Å². The van der Waals surface area contributed by atoms with Gasteiger partial charge in [0.15, 0.2) is 0 Å². The number of nitrogens with one attached hydrogen (secondary N) is 1. The first-order valence-electron chi connectivity index (χ1n) is 8.45. The van der Waals surface area contributed by atoms with Gasteiger partial charge in [0.25, 0.3) is 5.56 Å². The normalized spacial score (nSPS) is 11.1. The van der Waals surface area contributed by atoms with Crippen LogP contribution in [0, 0.1) is 13.8 Å². The molecule has 0 aliphatic heterocycles. The van der Waals surface area contributed by atoms with Gasteiger partial charge in [-0.1, -0.05) is 49.2 Å². The molecule has 134 valence electrons. The van der Waals surface area contributed by atoms with E-state index in [0.29, 0.717) is 24.3 Å². The lowest BCUT2D eigenvalue weighted by Gasteiger charge is -2.18. The van der Waals surface area contributed by atoms with Gasteiger partial charge in [-0.2, -0.15) is 0 Å². The predicted molar refractivity (Wildman–Crippen MR) is 100 cm³/mol. The van der Waals surface area contributed by atoms with Crippen molar-refractivity contribution in [3.63, 3.8) is 0 Å². The number of hydrogen-bond donors (Lipinski definition) is 1. The van der Waals surface area contributed by atoms with Gasteiger partial charge in [-0.25, -0.2) is 4.79 Å². The summed E-state index contributed by atoms with van der Waals surface area (Å²) in [5, 5.41) is 0. The lowest BCUT2D eigenvalue weighted by atomic mass is 9.96. The molecule has 0 saturated carbocycles. The third kappa shape index (κ3) is 4.57. The summed E-state index contributed by atoms with van der Waals surface area (Å²) in [6.45, 7) is 12.0. The van der Waals surface area contributed by atoms with Crippen LogP contribution in [0.2, 0.25) is 0 Å². The zero-order chi connectivity index (χ0) is 18.6. The van der Waals surface area contributed by atoms with Crippen molar-refractivity contribution in [2.75, 3.05) is 6.61 Å². The molecule has 0 fully saturated rings. The number of aromatic nitrogens is 2. The molecular weight excluding hydrogens is 316 g/mol. The van der Waals surface area contributed by atoms with Gasteiger partial charge < -0.3 is 4.74 Å². The standard InChI is InChI=1S/C20H26N2O3/c1-6-7-25-12-22-17(11-16-9-14(4)8-15(5)10-16)18(13(2)3)19(23)21-20(22)24/h6,8-10,13H,1,7,11-12H2,2-5H3,(H,21,23,24). The van der Waals surface area contributed by atoms with Gasteiger partial charge in [-0.15, -0.1) is 6.58 Å². The predicted octanol–water partition coefficient (Wildman–Crippen LogP) is 3.03. The Morgan fingerprint density at radius 3 is 2.40 bits per heavy atom. The first-order chi connectivity index (χ1) is 11.8. The van der Waals surface area contributed by atoms with E-state index in [2.05, 4.69) is 29.8 Å². The van der Waals surface area contributed by atoms with Crippen LogP contribution in [0.3, 0.4) is 0 Å². The van der Waals surface area contributed by atoms with E-state index in [-0.39, 0.29) is 18.2 Å². The minimum Gasteiger partial charge on any atom is -0.357 e. The Morgan fingerprint density at radius 2 is 1.84 bits per heavy atom. The van der Waals surface area contributed by atoms with Gasteiger partial charge in [-0.05, 0) is 25.3 Å². The molecule has 1 N–H and O–H groups in total. The van der Waals surface area contributed by atoms with Gasteiger partial charge in [0.1, 0.15) is 6.73 Å². The minimum atomic E-state index is -0.446. The molecule has 0 spiro atoms. The van der Waals surface area contributed by atoms with Crippen LogP contribution >= 0.6 is 0 Å². The maximum Gasteiger partial charge on any atom is 0.330 e. The Hall–Kier alpha value is -2.40. The molecule has 0 saturated heterocycles. The molecule has 5 nitrogen and oxygen atoms in total. The van der Waals surface area contributed by atoms with E-state index in [1.165, 1.54) is 4.57 Å². The molecule has 0 radical (unpaired) electrons. The molecule has 25 heavy (non-hydrogen) atoms. The maximum absolute atomic E-state index is 12.4. The average Bonchev–Trinajstić information content (AvgIpc) is 2.48. The van der Waals surface area contributed by atoms with Crippen molar-refractivity contribution in [3.05, 3.63) is 79.6 Å². The molecule has 2 rings (SSSR count). The fourth-order valence-corrected chi connectivity index (χ4v) is 3.15. The number of H-pyrrole nitrogens is 1. The molecule has 0 unspecified atom stereocenters. The second-order valence-corrected chi connectivity index (χ2v) is 6.66. The van der Waals surface area contributed by atoms with Crippen LogP contribution in [0.5, 0.6) is 0 Å². The van der Waals surface area contributed by atoms with Crippen LogP contribution in [0.1, 0.15) is 47.7 Å². The molecular formula is C20H26N2O3. The fourth-order valence-electron chi connectivity index (χ4n) is 3.15. The SMILES string of the molecule is C=CCOCn1c(Cc2cc(C)cc(C)c2)c(C(C)C)c(=O)[nH]c1=O. The Balaban J connectivity index is 2.59. The summed E-state index contributed by atoms with van der Waals surface area (Å²) in [5.74, 6) is -0.00379. The van der Waals surface area contributed by atoms with Crippen molar-refractivity contribution >= 4 is 0 Å².